The van der Waals surface area contributed by atoms with Gasteiger partial charge in [-0.05, 0) is 12.1 Å². The van der Waals surface area contributed by atoms with Crippen molar-refractivity contribution < 1.29 is 14.3 Å². The molecule has 0 bridgehead atoms. The Morgan fingerprint density at radius 1 is 1.54 bits per heavy atom. The number of para-hydroxylation sites is 1. The van der Waals surface area contributed by atoms with Gasteiger partial charge in [0.15, 0.2) is 5.78 Å². The Kier molecular flexibility index (Phi) is 2.97. The highest BCUT2D eigenvalue weighted by atomic mass is 19.1. The molecule has 0 atom stereocenters. The number of carbonyl (C=O) groups excluding carboxylic acids is 1. The van der Waals surface area contributed by atoms with E-state index in [-0.39, 0.29) is 30.1 Å². The first-order valence-electron chi connectivity index (χ1n) is 3.85. The van der Waals surface area contributed by atoms with E-state index in [9.17, 15) is 9.18 Å². The normalized spacial score (nSPS) is 10.0. The van der Waals surface area contributed by atoms with Gasteiger partial charge in [-0.1, -0.05) is 6.07 Å². The molecule has 0 aliphatic heterocycles. The Hall–Kier alpha value is -1.42. The number of aliphatic hydroxyl groups excluding tert-OH is 1. The van der Waals surface area contributed by atoms with Gasteiger partial charge in [-0.25, -0.2) is 4.39 Å². The first kappa shape index (κ1) is 9.67. The number of benzene rings is 1. The highest BCUT2D eigenvalue weighted by molar-refractivity contribution is 6.00. The lowest BCUT2D eigenvalue weighted by Gasteiger charge is -2.03. The molecule has 0 fully saturated rings. The van der Waals surface area contributed by atoms with E-state index in [0.29, 0.717) is 0 Å². The second-order valence-corrected chi connectivity index (χ2v) is 2.60. The highest BCUT2D eigenvalue weighted by Gasteiger charge is 2.11. The van der Waals surface area contributed by atoms with Crippen LogP contribution in [0.4, 0.5) is 10.1 Å². The predicted octanol–water partition coefficient (Wildman–Crippen LogP) is 0.973. The topological polar surface area (TPSA) is 63.3 Å². The number of nitrogens with two attached hydrogens (primary N) is 1. The Labute approximate surface area is 75.0 Å². The van der Waals surface area contributed by atoms with E-state index in [0.717, 1.165) is 0 Å². The van der Waals surface area contributed by atoms with E-state index in [2.05, 4.69) is 0 Å². The van der Waals surface area contributed by atoms with Crippen LogP contribution in [0.5, 0.6) is 0 Å². The van der Waals surface area contributed by atoms with E-state index < -0.39 is 5.82 Å². The molecule has 0 aliphatic carbocycles. The smallest absolute Gasteiger partial charge is 0.167 e. The molecule has 1 aromatic rings. The van der Waals surface area contributed by atoms with Gasteiger partial charge < -0.3 is 10.8 Å². The second kappa shape index (κ2) is 4.00. The average molecular weight is 183 g/mol. The van der Waals surface area contributed by atoms with Crippen LogP contribution in [0.15, 0.2) is 18.2 Å². The third kappa shape index (κ3) is 2.03. The van der Waals surface area contributed by atoms with Crippen molar-refractivity contribution in [3.8, 4) is 0 Å². The Morgan fingerprint density at radius 3 is 2.85 bits per heavy atom. The summed E-state index contributed by atoms with van der Waals surface area (Å²) in [5.74, 6) is -0.955. The van der Waals surface area contributed by atoms with Gasteiger partial charge in [-0.2, -0.15) is 0 Å². The lowest BCUT2D eigenvalue weighted by atomic mass is 10.1. The van der Waals surface area contributed by atoms with Crippen molar-refractivity contribution in [2.75, 3.05) is 12.3 Å². The van der Waals surface area contributed by atoms with Crippen molar-refractivity contribution >= 4 is 11.5 Å². The summed E-state index contributed by atoms with van der Waals surface area (Å²) in [7, 11) is 0. The van der Waals surface area contributed by atoms with Crippen LogP contribution < -0.4 is 5.73 Å². The third-order valence-corrected chi connectivity index (χ3v) is 1.69. The molecule has 70 valence electrons. The maximum Gasteiger partial charge on any atom is 0.167 e. The summed E-state index contributed by atoms with van der Waals surface area (Å²) in [6.07, 6.45) is -0.0341. The molecule has 0 spiro atoms. The summed E-state index contributed by atoms with van der Waals surface area (Å²) in [6.45, 7) is -0.255. The molecule has 0 aromatic heterocycles. The molecule has 3 nitrogen and oxygen atoms in total. The zero-order valence-electron chi connectivity index (χ0n) is 6.96. The Morgan fingerprint density at radius 2 is 2.23 bits per heavy atom. The summed E-state index contributed by atoms with van der Waals surface area (Å²) in [5.41, 5.74) is 5.32. The quantitative estimate of drug-likeness (QED) is 0.542. The first-order valence-corrected chi connectivity index (χ1v) is 3.85. The van der Waals surface area contributed by atoms with Gasteiger partial charge in [0.1, 0.15) is 5.82 Å². The van der Waals surface area contributed by atoms with Crippen molar-refractivity contribution in [3.05, 3.63) is 29.6 Å². The lowest BCUT2D eigenvalue weighted by molar-refractivity contribution is 0.0957. The standard InChI is InChI=1S/C9H10FNO2/c10-7-3-1-2-6(9(7)11)8(13)4-5-12/h1-3,12H,4-5,11H2. The van der Waals surface area contributed by atoms with Gasteiger partial charge in [0.05, 0.1) is 12.3 Å². The van der Waals surface area contributed by atoms with Crippen LogP contribution in [-0.2, 0) is 0 Å². The Balaban J connectivity index is 3.01. The molecule has 13 heavy (non-hydrogen) atoms. The number of rotatable bonds is 3. The van der Waals surface area contributed by atoms with Gasteiger partial charge in [0.25, 0.3) is 0 Å². The highest BCUT2D eigenvalue weighted by Crippen LogP contribution is 2.16. The second-order valence-electron chi connectivity index (χ2n) is 2.60. The van der Waals surface area contributed by atoms with Crippen LogP contribution in [0, 0.1) is 5.82 Å². The van der Waals surface area contributed by atoms with Crippen LogP contribution in [0.25, 0.3) is 0 Å². The van der Waals surface area contributed by atoms with Crippen molar-refractivity contribution in [2.45, 2.75) is 6.42 Å². The number of anilines is 1. The molecule has 0 radical (unpaired) electrons. The van der Waals surface area contributed by atoms with Gasteiger partial charge in [0.2, 0.25) is 0 Å². The maximum atomic E-state index is 12.8. The molecule has 0 heterocycles. The number of halogens is 1. The molecule has 1 aromatic carbocycles. The molecular formula is C9H10FNO2. The largest absolute Gasteiger partial charge is 0.396 e. The molecule has 4 heteroatoms. The van der Waals surface area contributed by atoms with Crippen molar-refractivity contribution in [1.82, 2.24) is 0 Å². The van der Waals surface area contributed by atoms with Gasteiger partial charge >= 0.3 is 0 Å². The van der Waals surface area contributed by atoms with Crippen molar-refractivity contribution in [2.24, 2.45) is 0 Å². The van der Waals surface area contributed by atoms with Crippen molar-refractivity contribution in [1.29, 1.82) is 0 Å². The molecule has 0 saturated heterocycles. The zero-order chi connectivity index (χ0) is 9.84. The van der Waals surface area contributed by atoms with Gasteiger partial charge in [-0.15, -0.1) is 0 Å². The summed E-state index contributed by atoms with van der Waals surface area (Å²) in [4.78, 5) is 11.2. The number of aliphatic hydroxyl groups is 1. The van der Waals surface area contributed by atoms with E-state index >= 15 is 0 Å². The summed E-state index contributed by atoms with van der Waals surface area (Å²) in [5, 5.41) is 8.50. The first-order chi connectivity index (χ1) is 6.16. The number of hydrogen-bond donors (Lipinski definition) is 2. The molecular weight excluding hydrogens is 173 g/mol. The van der Waals surface area contributed by atoms with E-state index in [1.165, 1.54) is 18.2 Å². The lowest BCUT2D eigenvalue weighted by Crippen LogP contribution is -2.06. The van der Waals surface area contributed by atoms with Crippen LogP contribution in [0.3, 0.4) is 0 Å². The van der Waals surface area contributed by atoms with E-state index in [1.54, 1.807) is 0 Å². The number of carbonyl (C=O) groups is 1. The van der Waals surface area contributed by atoms with E-state index in [4.69, 9.17) is 10.8 Å². The average Bonchev–Trinajstić information content (AvgIpc) is 2.10. The van der Waals surface area contributed by atoms with Crippen LogP contribution in [0.2, 0.25) is 0 Å². The Bertz CT molecular complexity index is 325. The molecule has 0 amide bonds. The van der Waals surface area contributed by atoms with Crippen molar-refractivity contribution in [3.63, 3.8) is 0 Å². The maximum absolute atomic E-state index is 12.8. The van der Waals surface area contributed by atoms with Gasteiger partial charge in [-0.3, -0.25) is 4.79 Å². The minimum absolute atomic E-state index is 0.0341. The number of Topliss-reactive ketones (excluding diaryl/α,β-unsaturated/α-hetero) is 1. The van der Waals surface area contributed by atoms with Crippen LogP contribution in [-0.4, -0.2) is 17.5 Å². The SMILES string of the molecule is Nc1c(F)cccc1C(=O)CCO. The predicted molar refractivity (Wildman–Crippen MR) is 46.8 cm³/mol. The number of hydrogen-bond acceptors (Lipinski definition) is 3. The fraction of sp³-hybridized carbons (Fsp3) is 0.222. The molecule has 1 rings (SSSR count). The minimum Gasteiger partial charge on any atom is -0.396 e. The number of nitrogen functional groups attached to an aromatic ring is 1. The van der Waals surface area contributed by atoms with E-state index in [1.807, 2.05) is 0 Å². The number of ketones is 1. The third-order valence-electron chi connectivity index (χ3n) is 1.69. The minimum atomic E-state index is -0.608. The van der Waals surface area contributed by atoms with Crippen LogP contribution in [0.1, 0.15) is 16.8 Å². The van der Waals surface area contributed by atoms with Gasteiger partial charge in [0, 0.05) is 12.0 Å². The fourth-order valence-electron chi connectivity index (χ4n) is 1.02. The molecule has 0 aliphatic rings. The monoisotopic (exact) mass is 183 g/mol. The summed E-state index contributed by atoms with van der Waals surface area (Å²) in [6, 6.07) is 4.04. The molecule has 3 N–H and O–H groups in total. The molecule has 0 unspecified atom stereocenters. The molecule has 0 saturated carbocycles. The summed E-state index contributed by atoms with van der Waals surface area (Å²) < 4.78 is 12.8. The van der Waals surface area contributed by atoms with Crippen LogP contribution >= 0.6 is 0 Å². The zero-order valence-corrected chi connectivity index (χ0v) is 6.96. The fourth-order valence-corrected chi connectivity index (χ4v) is 1.02. The summed E-state index contributed by atoms with van der Waals surface area (Å²) >= 11 is 0.